The number of unbranched alkanes of at least 4 members (excludes halogenated alkanes) is 36. The van der Waals surface area contributed by atoms with Crippen molar-refractivity contribution in [3.63, 3.8) is 0 Å². The summed E-state index contributed by atoms with van der Waals surface area (Å²) in [6, 6.07) is 0. The number of rotatable bonds is 50. The standard InChI is InChI=1S/C56H110NO6.ClH/c1-7-10-13-16-19-22-25-28-31-34-37-40-43-46-53(58)61-50-56(49-57(4,5)6,51-62-54(59)47-44-41-38-35-32-29-26-23-20-17-14-11-8-2)52-63-55(60)48-45-42-39-36-33-30-27-24-21-18-15-12-9-3;/h7-52H2,1-6H3;1H/q+1;/p-1. The molecule has 0 rings (SSSR count). The molecule has 7 nitrogen and oxygen atoms in total. The van der Waals surface area contributed by atoms with E-state index < -0.39 is 5.41 Å². The van der Waals surface area contributed by atoms with E-state index in [0.29, 0.717) is 30.3 Å². The van der Waals surface area contributed by atoms with Gasteiger partial charge in [-0.2, -0.15) is 0 Å². The number of carbonyl (C=O) groups is 3. The van der Waals surface area contributed by atoms with Crippen molar-refractivity contribution in [2.45, 2.75) is 290 Å². The van der Waals surface area contributed by atoms with Gasteiger partial charge in [-0.05, 0) is 19.3 Å². The number of hydrogen-bond donors (Lipinski definition) is 0. The second-order valence-electron chi connectivity index (χ2n) is 20.9. The average molecular weight is 929 g/mol. The molecule has 0 aliphatic heterocycles. The summed E-state index contributed by atoms with van der Waals surface area (Å²) < 4.78 is 18.4. The van der Waals surface area contributed by atoms with Gasteiger partial charge >= 0.3 is 17.9 Å². The summed E-state index contributed by atoms with van der Waals surface area (Å²) in [6.07, 6.45) is 50.2. The number of carbonyl (C=O) groups excluding carboxylic acids is 3. The molecule has 0 saturated heterocycles. The summed E-state index contributed by atoms with van der Waals surface area (Å²) >= 11 is 0. The lowest BCUT2D eigenvalue weighted by Gasteiger charge is -2.38. The Morgan fingerprint density at radius 1 is 0.312 bits per heavy atom. The number of esters is 3. The molecule has 382 valence electrons. The Balaban J connectivity index is 0. The average Bonchev–Trinajstić information content (AvgIpc) is 3.25. The molecule has 0 aromatic carbocycles. The van der Waals surface area contributed by atoms with Crippen molar-refractivity contribution in [3.05, 3.63) is 0 Å². The molecule has 0 radical (unpaired) electrons. The highest BCUT2D eigenvalue weighted by atomic mass is 35.5. The highest BCUT2D eigenvalue weighted by Gasteiger charge is 2.41. The van der Waals surface area contributed by atoms with Gasteiger partial charge in [0.1, 0.15) is 25.2 Å². The predicted octanol–water partition coefficient (Wildman–Crippen LogP) is 13.8. The maximum absolute atomic E-state index is 13.1. The minimum atomic E-state index is -0.818. The van der Waals surface area contributed by atoms with E-state index in [-0.39, 0.29) is 50.1 Å². The highest BCUT2D eigenvalue weighted by molar-refractivity contribution is 5.70. The third-order valence-corrected chi connectivity index (χ3v) is 12.9. The normalized spacial score (nSPS) is 11.7. The Morgan fingerprint density at radius 3 is 0.656 bits per heavy atom. The lowest BCUT2D eigenvalue weighted by atomic mass is 9.89. The molecule has 0 atom stereocenters. The molecule has 0 N–H and O–H groups in total. The third kappa shape index (κ3) is 47.2. The van der Waals surface area contributed by atoms with Gasteiger partial charge in [0.25, 0.3) is 0 Å². The Bertz CT molecular complexity index is 904. The molecule has 0 aliphatic rings. The molecule has 0 bridgehead atoms. The van der Waals surface area contributed by atoms with Crippen molar-refractivity contribution in [1.29, 1.82) is 0 Å². The van der Waals surface area contributed by atoms with Crippen LogP contribution in [0, 0.1) is 5.41 Å². The maximum atomic E-state index is 13.1. The van der Waals surface area contributed by atoms with E-state index >= 15 is 0 Å². The van der Waals surface area contributed by atoms with Gasteiger partial charge in [-0.1, -0.05) is 252 Å². The van der Waals surface area contributed by atoms with Gasteiger partial charge in [-0.25, -0.2) is 0 Å². The second kappa shape index (κ2) is 48.1. The summed E-state index contributed by atoms with van der Waals surface area (Å²) in [5.41, 5.74) is -0.818. The van der Waals surface area contributed by atoms with Crippen LogP contribution in [0.25, 0.3) is 0 Å². The summed E-state index contributed by atoms with van der Waals surface area (Å²) in [4.78, 5) is 39.3. The highest BCUT2D eigenvalue weighted by Crippen LogP contribution is 2.25. The van der Waals surface area contributed by atoms with Crippen molar-refractivity contribution in [3.8, 4) is 0 Å². The van der Waals surface area contributed by atoms with Crippen LogP contribution in [-0.2, 0) is 28.6 Å². The molecular weight excluding hydrogens is 818 g/mol. The minimum Gasteiger partial charge on any atom is -1.00 e. The molecule has 0 aromatic rings. The molecule has 8 heteroatoms. The lowest BCUT2D eigenvalue weighted by molar-refractivity contribution is -0.877. The zero-order chi connectivity index (χ0) is 46.4. The molecule has 0 spiro atoms. The van der Waals surface area contributed by atoms with E-state index in [1.807, 2.05) is 0 Å². The SMILES string of the molecule is CCCCCCCCCCCCCCCC(=O)OCC(COC(=O)CCCCCCCCCCCCCCC)(COC(=O)CCCCCCCCCCCCCCC)C[N+](C)(C)C.[Cl-]. The third-order valence-electron chi connectivity index (χ3n) is 12.9. The molecule has 0 saturated carbocycles. The van der Waals surface area contributed by atoms with Crippen LogP contribution < -0.4 is 12.4 Å². The van der Waals surface area contributed by atoms with Gasteiger partial charge in [0.05, 0.1) is 27.7 Å². The maximum Gasteiger partial charge on any atom is 0.305 e. The molecule has 0 aromatic heterocycles. The van der Waals surface area contributed by atoms with Crippen LogP contribution in [0.2, 0.25) is 0 Å². The van der Waals surface area contributed by atoms with Crippen molar-refractivity contribution in [2.24, 2.45) is 5.41 Å². The summed E-state index contributed by atoms with van der Waals surface area (Å²) in [5, 5.41) is 0. The quantitative estimate of drug-likeness (QED) is 0.0262. The van der Waals surface area contributed by atoms with E-state index in [1.54, 1.807) is 0 Å². The van der Waals surface area contributed by atoms with Crippen LogP contribution in [0.15, 0.2) is 0 Å². The lowest BCUT2D eigenvalue weighted by Crippen LogP contribution is -3.00. The van der Waals surface area contributed by atoms with Crippen LogP contribution in [0.5, 0.6) is 0 Å². The zero-order valence-electron chi connectivity index (χ0n) is 43.8. The number of nitrogens with zero attached hydrogens (tertiary/aromatic N) is 1. The zero-order valence-corrected chi connectivity index (χ0v) is 44.6. The first kappa shape index (κ1) is 64.7. The van der Waals surface area contributed by atoms with Crippen LogP contribution >= 0.6 is 0 Å². The van der Waals surface area contributed by atoms with Gasteiger partial charge < -0.3 is 31.1 Å². The Hall–Kier alpha value is -1.34. The van der Waals surface area contributed by atoms with Gasteiger partial charge in [0.2, 0.25) is 0 Å². The Kier molecular flexibility index (Phi) is 48.7. The van der Waals surface area contributed by atoms with Gasteiger partial charge in [-0.3, -0.25) is 14.4 Å². The van der Waals surface area contributed by atoms with E-state index in [2.05, 4.69) is 41.9 Å². The molecule has 0 heterocycles. The molecule has 0 amide bonds. The van der Waals surface area contributed by atoms with Crippen molar-refractivity contribution in [1.82, 2.24) is 0 Å². The molecule has 0 fully saturated rings. The van der Waals surface area contributed by atoms with Crippen molar-refractivity contribution < 1.29 is 45.5 Å². The second-order valence-corrected chi connectivity index (χ2v) is 20.9. The molecule has 0 unspecified atom stereocenters. The Labute approximate surface area is 405 Å². The summed E-state index contributed by atoms with van der Waals surface area (Å²) in [6.45, 7) is 7.55. The van der Waals surface area contributed by atoms with Gasteiger partial charge in [0, 0.05) is 19.3 Å². The van der Waals surface area contributed by atoms with E-state index in [9.17, 15) is 14.4 Å². The minimum absolute atomic E-state index is 0. The molecule has 0 aliphatic carbocycles. The fourth-order valence-corrected chi connectivity index (χ4v) is 9.05. The van der Waals surface area contributed by atoms with Gasteiger partial charge in [0.15, 0.2) is 0 Å². The van der Waals surface area contributed by atoms with Crippen LogP contribution in [-0.4, -0.2) is 69.9 Å². The smallest absolute Gasteiger partial charge is 0.305 e. The van der Waals surface area contributed by atoms with Crippen LogP contribution in [0.4, 0.5) is 0 Å². The number of quaternary nitrogens is 1. The van der Waals surface area contributed by atoms with Crippen molar-refractivity contribution >= 4 is 17.9 Å². The summed E-state index contributed by atoms with van der Waals surface area (Å²) in [7, 11) is 6.24. The predicted molar refractivity (Wildman–Crippen MR) is 269 cm³/mol. The van der Waals surface area contributed by atoms with E-state index in [4.69, 9.17) is 14.2 Å². The fourth-order valence-electron chi connectivity index (χ4n) is 9.05. The first-order valence-electron chi connectivity index (χ1n) is 27.8. The largest absolute Gasteiger partial charge is 1.00 e. The molecular formula is C56H110ClNO6. The molecule has 64 heavy (non-hydrogen) atoms. The topological polar surface area (TPSA) is 78.9 Å². The van der Waals surface area contributed by atoms with Gasteiger partial charge in [-0.15, -0.1) is 0 Å². The van der Waals surface area contributed by atoms with Crippen LogP contribution in [0.3, 0.4) is 0 Å². The first-order chi connectivity index (χ1) is 30.6. The van der Waals surface area contributed by atoms with Crippen LogP contribution in [0.1, 0.15) is 290 Å². The summed E-state index contributed by atoms with van der Waals surface area (Å²) in [5.74, 6) is -0.665. The number of ether oxygens (including phenoxy) is 3. The van der Waals surface area contributed by atoms with Crippen molar-refractivity contribution in [2.75, 3.05) is 47.5 Å². The number of halogens is 1. The first-order valence-corrected chi connectivity index (χ1v) is 27.8. The fraction of sp³-hybridized carbons (Fsp3) is 0.946. The van der Waals surface area contributed by atoms with E-state index in [1.165, 1.54) is 193 Å². The van der Waals surface area contributed by atoms with E-state index in [0.717, 1.165) is 57.8 Å². The monoisotopic (exact) mass is 928 g/mol. The number of hydrogen-bond acceptors (Lipinski definition) is 6. The Morgan fingerprint density at radius 2 is 0.484 bits per heavy atom.